The van der Waals surface area contributed by atoms with Crippen LogP contribution in [0.4, 0.5) is 5.69 Å². The van der Waals surface area contributed by atoms with E-state index in [0.717, 1.165) is 6.42 Å². The minimum Gasteiger partial charge on any atom is -0.325 e. The second-order valence-electron chi connectivity index (χ2n) is 4.93. The molecule has 1 heterocycles. The first kappa shape index (κ1) is 16.8. The first-order chi connectivity index (χ1) is 10.4. The van der Waals surface area contributed by atoms with Crippen molar-refractivity contribution in [3.8, 4) is 0 Å². The van der Waals surface area contributed by atoms with Gasteiger partial charge in [-0.05, 0) is 37.8 Å². The van der Waals surface area contributed by atoms with Crippen LogP contribution in [0.25, 0.3) is 0 Å². The number of aliphatic imine (C=N–C) groups is 1. The van der Waals surface area contributed by atoms with Crippen LogP contribution in [-0.2, 0) is 14.8 Å². The highest BCUT2D eigenvalue weighted by molar-refractivity contribution is 7.99. The van der Waals surface area contributed by atoms with Crippen molar-refractivity contribution in [3.63, 3.8) is 0 Å². The molecule has 1 aromatic carbocycles. The maximum absolute atomic E-state index is 12.3. The molecule has 0 aliphatic carbocycles. The van der Waals surface area contributed by atoms with E-state index in [1.807, 2.05) is 6.26 Å². The lowest BCUT2D eigenvalue weighted by atomic mass is 10.3. The van der Waals surface area contributed by atoms with Gasteiger partial charge in [0.05, 0.1) is 10.1 Å². The molecule has 1 aliphatic rings. The molecule has 0 fully saturated rings. The van der Waals surface area contributed by atoms with Crippen molar-refractivity contribution in [3.05, 3.63) is 24.3 Å². The van der Waals surface area contributed by atoms with Crippen LogP contribution in [0.2, 0.25) is 0 Å². The first-order valence-electron chi connectivity index (χ1n) is 6.92. The van der Waals surface area contributed by atoms with Crippen LogP contribution in [0.15, 0.2) is 34.2 Å². The third-order valence-electron chi connectivity index (χ3n) is 3.26. The van der Waals surface area contributed by atoms with Gasteiger partial charge >= 0.3 is 0 Å². The Bertz CT molecular complexity index is 686. The van der Waals surface area contributed by atoms with E-state index in [4.69, 9.17) is 0 Å². The quantitative estimate of drug-likeness (QED) is 0.855. The Labute approximate surface area is 134 Å². The molecule has 2 N–H and O–H groups in total. The van der Waals surface area contributed by atoms with Crippen molar-refractivity contribution < 1.29 is 13.2 Å². The van der Waals surface area contributed by atoms with E-state index < -0.39 is 10.0 Å². The zero-order valence-electron chi connectivity index (χ0n) is 12.5. The number of hydrogen-bond acceptors (Lipinski definition) is 5. The maximum Gasteiger partial charge on any atom is 0.262 e. The van der Waals surface area contributed by atoms with Crippen LogP contribution >= 0.6 is 11.8 Å². The Hall–Kier alpha value is -1.54. The number of sulfonamides is 1. The number of amides is 1. The highest BCUT2D eigenvalue weighted by Crippen LogP contribution is 2.17. The molecule has 0 spiro atoms. The van der Waals surface area contributed by atoms with Crippen LogP contribution in [0, 0.1) is 0 Å². The molecule has 2 rings (SSSR count). The molecule has 1 aromatic rings. The molecule has 22 heavy (non-hydrogen) atoms. The van der Waals surface area contributed by atoms with Gasteiger partial charge in [0.15, 0.2) is 0 Å². The third kappa shape index (κ3) is 4.23. The number of benzene rings is 1. The normalized spacial score (nSPS) is 16.0. The van der Waals surface area contributed by atoms with Gasteiger partial charge in [-0.1, -0.05) is 6.07 Å². The molecular weight excluding hydrogens is 322 g/mol. The molecule has 6 nitrogen and oxygen atoms in total. The molecule has 1 atom stereocenters. The van der Waals surface area contributed by atoms with Crippen LogP contribution in [-0.4, -0.2) is 38.2 Å². The van der Waals surface area contributed by atoms with E-state index in [0.29, 0.717) is 24.5 Å². The number of thioether (sulfide) groups is 1. The predicted molar refractivity (Wildman–Crippen MR) is 89.9 cm³/mol. The minimum atomic E-state index is -3.67. The van der Waals surface area contributed by atoms with Gasteiger partial charge in [-0.2, -0.15) is 11.8 Å². The topological polar surface area (TPSA) is 87.6 Å². The van der Waals surface area contributed by atoms with E-state index in [1.54, 1.807) is 19.1 Å². The molecule has 120 valence electrons. The molecule has 8 heteroatoms. The van der Waals surface area contributed by atoms with Crippen molar-refractivity contribution in [2.75, 3.05) is 18.1 Å². The Morgan fingerprint density at radius 3 is 2.82 bits per heavy atom. The van der Waals surface area contributed by atoms with Gasteiger partial charge in [-0.3, -0.25) is 14.5 Å². The van der Waals surface area contributed by atoms with Crippen molar-refractivity contribution in [1.29, 1.82) is 0 Å². The van der Waals surface area contributed by atoms with E-state index >= 15 is 0 Å². The van der Waals surface area contributed by atoms with E-state index in [9.17, 15) is 13.2 Å². The zero-order chi connectivity index (χ0) is 16.2. The average Bonchev–Trinajstić information content (AvgIpc) is 2.98. The van der Waals surface area contributed by atoms with Gasteiger partial charge in [-0.25, -0.2) is 8.42 Å². The largest absolute Gasteiger partial charge is 0.325 e. The van der Waals surface area contributed by atoms with Gasteiger partial charge in [-0.15, -0.1) is 0 Å². The lowest BCUT2D eigenvalue weighted by Gasteiger charge is -2.12. The summed E-state index contributed by atoms with van der Waals surface area (Å²) in [5.74, 6) is 0.334. The second-order valence-corrected chi connectivity index (χ2v) is 7.79. The fourth-order valence-electron chi connectivity index (χ4n) is 1.93. The molecule has 1 unspecified atom stereocenters. The van der Waals surface area contributed by atoms with Crippen LogP contribution in [0.5, 0.6) is 0 Å². The Kier molecular flexibility index (Phi) is 5.47. The number of rotatable bonds is 5. The average molecular weight is 341 g/mol. The van der Waals surface area contributed by atoms with E-state index in [2.05, 4.69) is 15.0 Å². The first-order valence-corrected chi connectivity index (χ1v) is 9.69. The van der Waals surface area contributed by atoms with Gasteiger partial charge in [0.2, 0.25) is 5.91 Å². The summed E-state index contributed by atoms with van der Waals surface area (Å²) >= 11 is 1.42. The Morgan fingerprint density at radius 1 is 1.41 bits per heavy atom. The van der Waals surface area contributed by atoms with Crippen molar-refractivity contribution >= 4 is 39.2 Å². The number of hydrogen-bond donors (Lipinski definition) is 2. The Balaban J connectivity index is 2.15. The molecule has 0 bridgehead atoms. The van der Waals surface area contributed by atoms with Crippen molar-refractivity contribution in [1.82, 2.24) is 4.72 Å². The minimum absolute atomic E-state index is 0.108. The van der Waals surface area contributed by atoms with Gasteiger partial charge in [0.25, 0.3) is 10.0 Å². The fourth-order valence-corrected chi connectivity index (χ4v) is 3.34. The molecule has 1 aliphatic heterocycles. The number of carbonyl (C=O) groups excluding carboxylic acids is 1. The summed E-state index contributed by atoms with van der Waals surface area (Å²) in [6, 6.07) is 6.20. The van der Waals surface area contributed by atoms with Gasteiger partial charge < -0.3 is 5.32 Å². The summed E-state index contributed by atoms with van der Waals surface area (Å²) in [5, 5.41) is 2.51. The predicted octanol–water partition coefficient (Wildman–Crippen LogP) is 1.85. The molecule has 0 aromatic heterocycles. The van der Waals surface area contributed by atoms with Crippen LogP contribution in [0.1, 0.15) is 19.8 Å². The summed E-state index contributed by atoms with van der Waals surface area (Å²) < 4.78 is 27.1. The smallest absolute Gasteiger partial charge is 0.262 e. The molecule has 0 saturated heterocycles. The maximum atomic E-state index is 12.3. The Morgan fingerprint density at radius 2 is 2.18 bits per heavy atom. The standard InChI is InChI=1S/C14H19N3O3S2/c1-10(21-2)14(18)16-11-5-3-6-12(9-11)22(19,20)17-13-7-4-8-15-13/h3,5-6,9-10H,4,7-8H2,1-2H3,(H,15,17)(H,16,18). The molecule has 0 saturated carbocycles. The summed E-state index contributed by atoms with van der Waals surface area (Å²) in [6.45, 7) is 2.45. The zero-order valence-corrected chi connectivity index (χ0v) is 14.1. The summed E-state index contributed by atoms with van der Waals surface area (Å²) in [5.41, 5.74) is 0.460. The number of amidine groups is 1. The summed E-state index contributed by atoms with van der Waals surface area (Å²) in [4.78, 5) is 16.1. The summed E-state index contributed by atoms with van der Waals surface area (Å²) in [7, 11) is -3.67. The molecule has 0 radical (unpaired) electrons. The molecule has 1 amide bonds. The number of carbonyl (C=O) groups is 1. The van der Waals surface area contributed by atoms with E-state index in [1.165, 1.54) is 23.9 Å². The summed E-state index contributed by atoms with van der Waals surface area (Å²) in [6.07, 6.45) is 3.35. The SMILES string of the molecule is CSC(C)C(=O)Nc1cccc(S(=O)(=O)NC2=NCCC2)c1. The van der Waals surface area contributed by atoms with E-state index in [-0.39, 0.29) is 16.1 Å². The van der Waals surface area contributed by atoms with Crippen molar-refractivity contribution in [2.24, 2.45) is 4.99 Å². The number of anilines is 1. The van der Waals surface area contributed by atoms with Crippen molar-refractivity contribution in [2.45, 2.75) is 29.9 Å². The van der Waals surface area contributed by atoms with Crippen LogP contribution < -0.4 is 10.0 Å². The number of nitrogens with zero attached hydrogens (tertiary/aromatic N) is 1. The monoisotopic (exact) mass is 341 g/mol. The fraction of sp³-hybridized carbons (Fsp3) is 0.429. The number of nitrogens with one attached hydrogen (secondary N) is 2. The lowest BCUT2D eigenvalue weighted by Crippen LogP contribution is -2.29. The lowest BCUT2D eigenvalue weighted by molar-refractivity contribution is -0.115. The van der Waals surface area contributed by atoms with Crippen LogP contribution in [0.3, 0.4) is 0 Å². The highest BCUT2D eigenvalue weighted by Gasteiger charge is 2.19. The second kappa shape index (κ2) is 7.15. The van der Waals surface area contributed by atoms with Gasteiger partial charge in [0, 0.05) is 18.7 Å². The van der Waals surface area contributed by atoms with Gasteiger partial charge in [0.1, 0.15) is 5.84 Å². The molecular formula is C14H19N3O3S2. The highest BCUT2D eigenvalue weighted by atomic mass is 32.2. The third-order valence-corrected chi connectivity index (χ3v) is 5.56.